The third kappa shape index (κ3) is 4.99. The van der Waals surface area contributed by atoms with Crippen molar-refractivity contribution >= 4 is 35.0 Å². The number of carbonyl (C=O) groups excluding carboxylic acids is 1. The number of hydrogen-bond donors (Lipinski definition) is 1. The number of anilines is 1. The molecular weight excluding hydrogens is 373 g/mol. The number of hydrogen-bond acceptors (Lipinski definition) is 2. The summed E-state index contributed by atoms with van der Waals surface area (Å²) in [5.41, 5.74) is 0.0898. The van der Waals surface area contributed by atoms with E-state index in [9.17, 15) is 26.7 Å². The van der Waals surface area contributed by atoms with Gasteiger partial charge in [-0.3, -0.25) is 4.79 Å². The van der Waals surface area contributed by atoms with Crippen molar-refractivity contribution in [3.63, 3.8) is 0 Å². The molecule has 0 spiro atoms. The summed E-state index contributed by atoms with van der Waals surface area (Å²) in [6, 6.07) is 4.29. The van der Waals surface area contributed by atoms with E-state index in [1.807, 2.05) is 0 Å². The van der Waals surface area contributed by atoms with Gasteiger partial charge in [0.05, 0.1) is 21.5 Å². The monoisotopic (exact) mass is 387 g/mol. The summed E-state index contributed by atoms with van der Waals surface area (Å²) >= 11 is 6.06. The molecule has 9 heteroatoms. The molecule has 1 aromatic carbocycles. The molecular formula is C15H15ClF5NOS. The van der Waals surface area contributed by atoms with Gasteiger partial charge in [-0.25, -0.2) is 0 Å². The lowest BCUT2D eigenvalue weighted by atomic mass is 9.80. The van der Waals surface area contributed by atoms with E-state index in [0.29, 0.717) is 12.8 Å². The maximum Gasteiger partial charge on any atom is 0.391 e. The van der Waals surface area contributed by atoms with Crippen molar-refractivity contribution in [2.75, 3.05) is 5.32 Å². The van der Waals surface area contributed by atoms with Crippen molar-refractivity contribution in [1.82, 2.24) is 0 Å². The Bertz CT molecular complexity index is 596. The van der Waals surface area contributed by atoms with E-state index in [1.165, 1.54) is 18.2 Å². The number of amides is 1. The number of nitrogens with one attached hydrogen (secondary N) is 1. The smallest absolute Gasteiger partial charge is 0.325 e. The molecule has 134 valence electrons. The number of carbonyl (C=O) groups is 1. The molecule has 0 saturated heterocycles. The minimum atomic E-state index is -4.33. The second-order valence-electron chi connectivity index (χ2n) is 5.59. The fraction of sp³-hybridized carbons (Fsp3) is 0.533. The summed E-state index contributed by atoms with van der Waals surface area (Å²) in [6.07, 6.45) is -3.96. The molecule has 2 atom stereocenters. The fourth-order valence-electron chi connectivity index (χ4n) is 2.78. The third-order valence-corrected chi connectivity index (χ3v) is 5.22. The van der Waals surface area contributed by atoms with E-state index >= 15 is 0 Å². The van der Waals surface area contributed by atoms with Crippen molar-refractivity contribution in [2.45, 2.75) is 42.5 Å². The van der Waals surface area contributed by atoms with Crippen LogP contribution < -0.4 is 5.32 Å². The van der Waals surface area contributed by atoms with Crippen LogP contribution in [0.3, 0.4) is 0 Å². The first-order chi connectivity index (χ1) is 11.2. The largest absolute Gasteiger partial charge is 0.391 e. The molecule has 1 fully saturated rings. The molecule has 1 amide bonds. The van der Waals surface area contributed by atoms with Gasteiger partial charge < -0.3 is 5.32 Å². The quantitative estimate of drug-likeness (QED) is 0.510. The number of benzene rings is 1. The van der Waals surface area contributed by atoms with Crippen molar-refractivity contribution < 1.29 is 26.7 Å². The van der Waals surface area contributed by atoms with Gasteiger partial charge in [0.2, 0.25) is 5.91 Å². The van der Waals surface area contributed by atoms with Crippen LogP contribution in [0.5, 0.6) is 0 Å². The van der Waals surface area contributed by atoms with E-state index in [0.717, 1.165) is 0 Å². The summed E-state index contributed by atoms with van der Waals surface area (Å²) in [5, 5.41) is 2.50. The zero-order valence-electron chi connectivity index (χ0n) is 12.4. The standard InChI is InChI=1S/C15H15ClF5NOS/c16-10-5-2-6-11(12(10)24-14(17)18)22-13(23)8-3-1-4-9(7-8)15(19,20)21/h2,5-6,8-9,14H,1,3-4,7H2,(H,22,23). The van der Waals surface area contributed by atoms with Crippen LogP contribution in [0, 0.1) is 11.8 Å². The zero-order chi connectivity index (χ0) is 17.9. The summed E-state index contributed by atoms with van der Waals surface area (Å²) in [5.74, 6) is -5.63. The Morgan fingerprint density at radius 1 is 1.29 bits per heavy atom. The van der Waals surface area contributed by atoms with Gasteiger partial charge in [-0.15, -0.1) is 0 Å². The average Bonchev–Trinajstić information content (AvgIpc) is 2.49. The van der Waals surface area contributed by atoms with Gasteiger partial charge in [-0.2, -0.15) is 22.0 Å². The minimum Gasteiger partial charge on any atom is -0.325 e. The number of alkyl halides is 5. The predicted octanol–water partition coefficient (Wildman–Crippen LogP) is 5.96. The molecule has 0 aromatic heterocycles. The molecule has 0 bridgehead atoms. The van der Waals surface area contributed by atoms with Crippen molar-refractivity contribution in [2.24, 2.45) is 11.8 Å². The number of halogens is 6. The Labute approximate surface area is 145 Å². The normalized spacial score (nSPS) is 21.8. The molecule has 0 radical (unpaired) electrons. The van der Waals surface area contributed by atoms with Gasteiger partial charge in [0.25, 0.3) is 5.76 Å². The molecule has 2 unspecified atom stereocenters. The van der Waals surface area contributed by atoms with Crippen molar-refractivity contribution in [3.05, 3.63) is 23.2 Å². The lowest BCUT2D eigenvalue weighted by molar-refractivity contribution is -0.185. The molecule has 24 heavy (non-hydrogen) atoms. The van der Waals surface area contributed by atoms with E-state index in [-0.39, 0.29) is 40.2 Å². The van der Waals surface area contributed by atoms with Gasteiger partial charge in [0, 0.05) is 5.92 Å². The molecule has 0 heterocycles. The minimum absolute atomic E-state index is 0.00528. The number of rotatable bonds is 4. The van der Waals surface area contributed by atoms with Gasteiger partial charge in [0.15, 0.2) is 0 Å². The highest BCUT2D eigenvalue weighted by molar-refractivity contribution is 7.99. The van der Waals surface area contributed by atoms with Crippen LogP contribution in [0.2, 0.25) is 5.02 Å². The lowest BCUT2D eigenvalue weighted by Gasteiger charge is -2.29. The first-order valence-electron chi connectivity index (χ1n) is 7.29. The second-order valence-corrected chi connectivity index (χ2v) is 6.99. The Kier molecular flexibility index (Phi) is 6.36. The summed E-state index contributed by atoms with van der Waals surface area (Å²) < 4.78 is 63.7. The lowest BCUT2D eigenvalue weighted by Crippen LogP contribution is -2.34. The maximum atomic E-state index is 12.8. The molecule has 1 aliphatic carbocycles. The van der Waals surface area contributed by atoms with Gasteiger partial charge in [-0.1, -0.05) is 35.9 Å². The first-order valence-corrected chi connectivity index (χ1v) is 8.55. The van der Waals surface area contributed by atoms with Crippen LogP contribution in [0.1, 0.15) is 25.7 Å². The molecule has 1 saturated carbocycles. The van der Waals surface area contributed by atoms with Crippen molar-refractivity contribution in [1.29, 1.82) is 0 Å². The third-order valence-electron chi connectivity index (χ3n) is 3.94. The number of thioether (sulfide) groups is 1. The van der Waals surface area contributed by atoms with Crippen LogP contribution in [-0.4, -0.2) is 17.8 Å². The Morgan fingerprint density at radius 2 is 2.00 bits per heavy atom. The molecule has 1 aromatic rings. The van der Waals surface area contributed by atoms with E-state index in [2.05, 4.69) is 5.32 Å². The van der Waals surface area contributed by atoms with Crippen LogP contribution >= 0.6 is 23.4 Å². The molecule has 1 N–H and O–H groups in total. The van der Waals surface area contributed by atoms with Gasteiger partial charge >= 0.3 is 6.18 Å². The molecule has 2 nitrogen and oxygen atoms in total. The highest BCUT2D eigenvalue weighted by Gasteiger charge is 2.43. The van der Waals surface area contributed by atoms with Crippen LogP contribution in [0.4, 0.5) is 27.6 Å². The zero-order valence-corrected chi connectivity index (χ0v) is 13.9. The van der Waals surface area contributed by atoms with Crippen LogP contribution in [0.15, 0.2) is 23.1 Å². The topological polar surface area (TPSA) is 29.1 Å². The predicted molar refractivity (Wildman–Crippen MR) is 83.4 cm³/mol. The Morgan fingerprint density at radius 3 is 2.62 bits per heavy atom. The van der Waals surface area contributed by atoms with Crippen molar-refractivity contribution in [3.8, 4) is 0 Å². The van der Waals surface area contributed by atoms with E-state index in [4.69, 9.17) is 11.6 Å². The van der Waals surface area contributed by atoms with E-state index < -0.39 is 29.7 Å². The van der Waals surface area contributed by atoms with Gasteiger partial charge in [0.1, 0.15) is 0 Å². The second kappa shape index (κ2) is 7.91. The summed E-state index contributed by atoms with van der Waals surface area (Å²) in [7, 11) is 0. The highest BCUT2D eigenvalue weighted by Crippen LogP contribution is 2.41. The SMILES string of the molecule is O=C(Nc1cccc(Cl)c1SC(F)F)C1CCCC(C(F)(F)F)C1. The van der Waals surface area contributed by atoms with E-state index in [1.54, 1.807) is 0 Å². The Hall–Kier alpha value is -1.02. The highest BCUT2D eigenvalue weighted by atomic mass is 35.5. The summed E-state index contributed by atoms with van der Waals surface area (Å²) in [6.45, 7) is 0. The first kappa shape index (κ1) is 19.3. The molecule has 2 rings (SSSR count). The fourth-order valence-corrected chi connectivity index (χ4v) is 3.69. The molecule has 1 aliphatic rings. The molecule has 0 aliphatic heterocycles. The maximum absolute atomic E-state index is 12.8. The van der Waals surface area contributed by atoms with Crippen LogP contribution in [-0.2, 0) is 4.79 Å². The Balaban J connectivity index is 2.11. The van der Waals surface area contributed by atoms with Gasteiger partial charge in [-0.05, 0) is 31.4 Å². The van der Waals surface area contributed by atoms with Crippen LogP contribution in [0.25, 0.3) is 0 Å². The average molecular weight is 388 g/mol. The summed E-state index contributed by atoms with van der Waals surface area (Å²) in [4.78, 5) is 12.3.